The minimum Gasteiger partial charge on any atom is -0.495 e. The van der Waals surface area contributed by atoms with Crippen LogP contribution in [0.5, 0.6) is 17.2 Å². The minimum atomic E-state index is -0.628. The van der Waals surface area contributed by atoms with Gasteiger partial charge in [0.15, 0.2) is 19.5 Å². The first-order valence-electron chi connectivity index (χ1n) is 11.7. The van der Waals surface area contributed by atoms with Crippen molar-refractivity contribution in [3.63, 3.8) is 0 Å². The number of rotatable bonds is 7. The van der Waals surface area contributed by atoms with E-state index in [0.29, 0.717) is 63.1 Å². The molecule has 1 saturated heterocycles. The first-order chi connectivity index (χ1) is 17.0. The fourth-order valence-corrected chi connectivity index (χ4v) is 4.69. The van der Waals surface area contributed by atoms with E-state index in [9.17, 15) is 9.90 Å². The van der Waals surface area contributed by atoms with E-state index in [-0.39, 0.29) is 11.6 Å². The van der Waals surface area contributed by atoms with Crippen LogP contribution in [-0.2, 0) is 13.1 Å². The summed E-state index contributed by atoms with van der Waals surface area (Å²) in [5.74, 6) is 1.90. The molecule has 0 spiro atoms. The van der Waals surface area contributed by atoms with Crippen molar-refractivity contribution >= 4 is 19.0 Å². The van der Waals surface area contributed by atoms with Crippen molar-refractivity contribution in [3.8, 4) is 17.2 Å². The zero-order chi connectivity index (χ0) is 24.4. The molecule has 5 heterocycles. The van der Waals surface area contributed by atoms with Gasteiger partial charge in [0.1, 0.15) is 19.0 Å². The number of piperidine rings is 1. The van der Waals surface area contributed by atoms with E-state index in [2.05, 4.69) is 14.9 Å². The second-order valence-electron chi connectivity index (χ2n) is 8.82. The molecule has 2 atom stereocenters. The first kappa shape index (κ1) is 23.6. The summed E-state index contributed by atoms with van der Waals surface area (Å²) in [4.78, 5) is 25.1. The van der Waals surface area contributed by atoms with Gasteiger partial charge >= 0.3 is 0 Å². The van der Waals surface area contributed by atoms with Crippen LogP contribution in [0.3, 0.4) is 0 Å². The normalized spacial score (nSPS) is 20.3. The fourth-order valence-electron chi connectivity index (χ4n) is 4.69. The van der Waals surface area contributed by atoms with E-state index in [0.717, 1.165) is 23.3 Å². The number of hydrogen-bond acceptors (Lipinski definition) is 9. The zero-order valence-electron chi connectivity index (χ0n) is 19.7. The molecule has 3 aromatic heterocycles. The van der Waals surface area contributed by atoms with Crippen LogP contribution >= 0.6 is 0 Å². The number of aliphatic hydroxyl groups excluding tert-OH is 1. The monoisotopic (exact) mass is 477 g/mol. The number of aromatic nitrogens is 3. The molecule has 2 aliphatic heterocycles. The van der Waals surface area contributed by atoms with Gasteiger partial charge < -0.3 is 28.7 Å². The van der Waals surface area contributed by atoms with Crippen molar-refractivity contribution in [1.29, 1.82) is 0 Å². The van der Waals surface area contributed by atoms with Gasteiger partial charge in [-0.15, -0.1) is 0 Å². The van der Waals surface area contributed by atoms with Gasteiger partial charge in [0.25, 0.3) is 5.56 Å². The summed E-state index contributed by atoms with van der Waals surface area (Å²) in [5, 5.41) is 10.8. The minimum absolute atomic E-state index is 0.0944. The Balaban J connectivity index is 1.20. The lowest BCUT2D eigenvalue weighted by Crippen LogP contribution is -2.53. The predicted molar refractivity (Wildman–Crippen MR) is 130 cm³/mol. The smallest absolute Gasteiger partial charge is 0.251 e. The van der Waals surface area contributed by atoms with Gasteiger partial charge in [0, 0.05) is 50.4 Å². The number of nitrogens with zero attached hydrogens (tertiary/aromatic N) is 5. The lowest BCUT2D eigenvalue weighted by molar-refractivity contribution is 0.0112. The van der Waals surface area contributed by atoms with Gasteiger partial charge in [-0.1, -0.05) is 0 Å². The number of methoxy groups -OCH3 is 1. The van der Waals surface area contributed by atoms with Crippen LogP contribution in [0, 0.1) is 0 Å². The van der Waals surface area contributed by atoms with E-state index in [1.807, 2.05) is 12.1 Å². The number of pyridine rings is 3. The van der Waals surface area contributed by atoms with E-state index in [1.54, 1.807) is 34.9 Å². The number of hydrogen-bond donors (Lipinski definition) is 1. The molecule has 0 aromatic carbocycles. The average molecular weight is 477 g/mol. The molecule has 2 aliphatic rings. The average Bonchev–Trinajstić information content (AvgIpc) is 2.87. The number of ether oxygens (including phenoxy) is 3. The molecular formula is C24H28BN5O5. The van der Waals surface area contributed by atoms with Crippen molar-refractivity contribution in [2.45, 2.75) is 31.7 Å². The number of likely N-dealkylation sites (tertiary alicyclic amines) is 1. The Bertz CT molecular complexity index is 1250. The fraction of sp³-hybridized carbons (Fsp3) is 0.458. The number of β-amino-alcohol motifs (C(OH)–C–C–N with tert-alkyl or cyclic N) is 1. The van der Waals surface area contributed by atoms with Crippen molar-refractivity contribution in [2.75, 3.05) is 40.0 Å². The lowest BCUT2D eigenvalue weighted by atomic mass is 9.97. The Morgan fingerprint density at radius 2 is 2.00 bits per heavy atom. The van der Waals surface area contributed by atoms with Crippen LogP contribution in [0.1, 0.15) is 12.1 Å². The van der Waals surface area contributed by atoms with Crippen molar-refractivity contribution in [3.05, 3.63) is 52.7 Å². The van der Waals surface area contributed by atoms with E-state index >= 15 is 0 Å². The van der Waals surface area contributed by atoms with Crippen molar-refractivity contribution < 1.29 is 19.3 Å². The topological polar surface area (TPSA) is 102 Å². The molecule has 0 amide bonds. The Morgan fingerprint density at radius 3 is 2.80 bits per heavy atom. The van der Waals surface area contributed by atoms with Crippen LogP contribution in [0.2, 0.25) is 0 Å². The van der Waals surface area contributed by atoms with Crippen LogP contribution in [-0.4, -0.2) is 89.4 Å². The molecular weight excluding hydrogens is 449 g/mol. The quantitative estimate of drug-likeness (QED) is 0.490. The van der Waals surface area contributed by atoms with Crippen LogP contribution < -0.4 is 19.8 Å². The van der Waals surface area contributed by atoms with E-state index in [4.69, 9.17) is 22.2 Å². The molecule has 1 fully saturated rings. The Morgan fingerprint density at radius 1 is 1.17 bits per heavy atom. The number of aliphatic hydroxyl groups is 1. The Labute approximate surface area is 204 Å². The summed E-state index contributed by atoms with van der Waals surface area (Å²) in [7, 11) is 7.92. The summed E-state index contributed by atoms with van der Waals surface area (Å²) < 4.78 is 18.1. The summed E-state index contributed by atoms with van der Waals surface area (Å²) >= 11 is 0. The maximum absolute atomic E-state index is 12.6. The Hall–Kier alpha value is -3.15. The largest absolute Gasteiger partial charge is 0.495 e. The summed E-state index contributed by atoms with van der Waals surface area (Å²) in [6.45, 7) is 3.73. The lowest BCUT2D eigenvalue weighted by Gasteiger charge is -2.40. The van der Waals surface area contributed by atoms with Gasteiger partial charge in [0.05, 0.1) is 42.3 Å². The van der Waals surface area contributed by atoms with Gasteiger partial charge in [-0.05, 0) is 19.0 Å². The third kappa shape index (κ3) is 5.12. The predicted octanol–water partition coefficient (Wildman–Crippen LogP) is 0.592. The highest BCUT2D eigenvalue weighted by Crippen LogP contribution is 2.30. The van der Waals surface area contributed by atoms with E-state index < -0.39 is 6.10 Å². The number of fused-ring (bicyclic) bond motifs is 2. The maximum Gasteiger partial charge on any atom is 0.251 e. The van der Waals surface area contributed by atoms with Crippen LogP contribution in [0.15, 0.2) is 41.5 Å². The summed E-state index contributed by atoms with van der Waals surface area (Å²) in [5.41, 5.74) is 2.12. The zero-order valence-corrected chi connectivity index (χ0v) is 19.7. The molecule has 35 heavy (non-hydrogen) atoms. The molecule has 5 rings (SSSR count). The molecule has 0 bridgehead atoms. The van der Waals surface area contributed by atoms with Crippen LogP contribution in [0.25, 0.3) is 11.0 Å². The van der Waals surface area contributed by atoms with E-state index in [1.165, 1.54) is 6.07 Å². The maximum atomic E-state index is 12.6. The van der Waals surface area contributed by atoms with Gasteiger partial charge in [-0.3, -0.25) is 19.7 Å². The highest BCUT2D eigenvalue weighted by molar-refractivity contribution is 6.04. The molecule has 1 N–H and O–H groups in total. The third-order valence-electron chi connectivity index (χ3n) is 6.58. The van der Waals surface area contributed by atoms with Gasteiger partial charge in [-0.2, -0.15) is 0 Å². The highest BCUT2D eigenvalue weighted by atomic mass is 16.6. The standard InChI is InChI=1S/C24H28BN5O5/c1-33-17-11-20-18(27-12-17)2-3-24(32)29(20)7-6-28-5-4-19(21(31)15-28)30(25)14-16-10-22-23(13-26-16)35-9-8-34-22/h2-3,10-13,19,21,31H,4-9,14-15H2,1H3/t19-,21+/m0/s1. The highest BCUT2D eigenvalue weighted by Gasteiger charge is 2.30. The molecule has 0 unspecified atom stereocenters. The molecule has 182 valence electrons. The van der Waals surface area contributed by atoms with Crippen LogP contribution in [0.4, 0.5) is 0 Å². The Kier molecular flexibility index (Phi) is 6.89. The summed E-state index contributed by atoms with van der Waals surface area (Å²) in [6.07, 6.45) is 3.35. The molecule has 0 saturated carbocycles. The third-order valence-corrected chi connectivity index (χ3v) is 6.58. The second-order valence-corrected chi connectivity index (χ2v) is 8.82. The molecule has 3 aromatic rings. The molecule has 11 heteroatoms. The first-order valence-corrected chi connectivity index (χ1v) is 11.7. The van der Waals surface area contributed by atoms with Crippen molar-refractivity contribution in [1.82, 2.24) is 24.2 Å². The van der Waals surface area contributed by atoms with Gasteiger partial charge in [0.2, 0.25) is 0 Å². The summed E-state index contributed by atoms with van der Waals surface area (Å²) in [6, 6.07) is 6.70. The van der Waals surface area contributed by atoms with Gasteiger partial charge in [-0.25, -0.2) is 0 Å². The molecule has 0 aliphatic carbocycles. The SMILES string of the molecule is [B]N(Cc1cc2c(cn1)OCCO2)[C@H]1CCN(CCn2c(=O)ccc3ncc(OC)cc32)C[C@H]1O. The molecule has 10 nitrogen and oxygen atoms in total. The second kappa shape index (κ2) is 10.2. The molecule has 2 radical (unpaired) electrons. The van der Waals surface area contributed by atoms with Crippen molar-refractivity contribution in [2.24, 2.45) is 0 Å².